The lowest BCUT2D eigenvalue weighted by Crippen LogP contribution is -2.41. The van der Waals surface area contributed by atoms with Crippen LogP contribution in [0.5, 0.6) is 0 Å². The normalized spacial score (nSPS) is 25.5. The fourth-order valence-electron chi connectivity index (χ4n) is 2.65. The third kappa shape index (κ3) is 4.02. The molecule has 1 fully saturated rings. The van der Waals surface area contributed by atoms with E-state index in [1.54, 1.807) is 0 Å². The van der Waals surface area contributed by atoms with Crippen molar-refractivity contribution in [3.05, 3.63) is 35.6 Å². The van der Waals surface area contributed by atoms with Crippen LogP contribution in [0.4, 0.5) is 4.39 Å². The van der Waals surface area contributed by atoms with Gasteiger partial charge in [0.2, 0.25) is 0 Å². The first kappa shape index (κ1) is 14.5. The molecule has 0 bridgehead atoms. The maximum Gasteiger partial charge on any atom is 0.123 e. The van der Waals surface area contributed by atoms with Gasteiger partial charge in [0.1, 0.15) is 5.82 Å². The quantitative estimate of drug-likeness (QED) is 0.896. The van der Waals surface area contributed by atoms with Crippen LogP contribution in [0.1, 0.15) is 45.2 Å². The van der Waals surface area contributed by atoms with Crippen LogP contribution in [-0.4, -0.2) is 18.8 Å². The smallest absolute Gasteiger partial charge is 0.123 e. The summed E-state index contributed by atoms with van der Waals surface area (Å²) in [5, 5.41) is 3.64. The maximum atomic E-state index is 12.9. The molecule has 1 aliphatic heterocycles. The highest BCUT2D eigenvalue weighted by molar-refractivity contribution is 5.19. The minimum Gasteiger partial charge on any atom is -0.378 e. The SMILES string of the molecule is CC(C)C1CC(N[C@H](C)c2ccc(F)cc2)CCO1. The average Bonchev–Trinajstić information content (AvgIpc) is 2.39. The molecule has 1 aromatic carbocycles. The monoisotopic (exact) mass is 265 g/mol. The molecule has 2 unspecified atom stereocenters. The van der Waals surface area contributed by atoms with Gasteiger partial charge < -0.3 is 10.1 Å². The van der Waals surface area contributed by atoms with E-state index in [9.17, 15) is 4.39 Å². The van der Waals surface area contributed by atoms with E-state index in [1.165, 1.54) is 12.1 Å². The van der Waals surface area contributed by atoms with Gasteiger partial charge in [0, 0.05) is 18.7 Å². The van der Waals surface area contributed by atoms with Crippen molar-refractivity contribution in [1.29, 1.82) is 0 Å². The molecule has 1 saturated heterocycles. The van der Waals surface area contributed by atoms with E-state index in [4.69, 9.17) is 4.74 Å². The lowest BCUT2D eigenvalue weighted by Gasteiger charge is -2.34. The third-order valence-electron chi connectivity index (χ3n) is 3.91. The Morgan fingerprint density at radius 2 is 1.89 bits per heavy atom. The lowest BCUT2D eigenvalue weighted by molar-refractivity contribution is -0.0256. The van der Waals surface area contributed by atoms with Crippen LogP contribution in [-0.2, 0) is 4.74 Å². The summed E-state index contributed by atoms with van der Waals surface area (Å²) in [4.78, 5) is 0. The molecular formula is C16H24FNO. The Bertz CT molecular complexity index is 390. The van der Waals surface area contributed by atoms with Crippen molar-refractivity contribution >= 4 is 0 Å². The molecule has 2 rings (SSSR count). The predicted octanol–water partition coefficient (Wildman–Crippen LogP) is 3.68. The molecule has 1 heterocycles. The van der Waals surface area contributed by atoms with Gasteiger partial charge in [-0.2, -0.15) is 0 Å². The van der Waals surface area contributed by atoms with E-state index in [2.05, 4.69) is 26.1 Å². The summed E-state index contributed by atoms with van der Waals surface area (Å²) in [7, 11) is 0. The van der Waals surface area contributed by atoms with Crippen molar-refractivity contribution in [2.24, 2.45) is 5.92 Å². The average molecular weight is 265 g/mol. The lowest BCUT2D eigenvalue weighted by atomic mass is 9.94. The minimum atomic E-state index is -0.179. The Hall–Kier alpha value is -0.930. The molecule has 3 atom stereocenters. The summed E-state index contributed by atoms with van der Waals surface area (Å²) in [5.41, 5.74) is 1.13. The molecule has 3 heteroatoms. The Balaban J connectivity index is 1.91. The number of halogens is 1. The summed E-state index contributed by atoms with van der Waals surface area (Å²) >= 11 is 0. The van der Waals surface area contributed by atoms with Crippen LogP contribution in [0.15, 0.2) is 24.3 Å². The molecule has 19 heavy (non-hydrogen) atoms. The molecule has 0 aromatic heterocycles. The zero-order chi connectivity index (χ0) is 13.8. The summed E-state index contributed by atoms with van der Waals surface area (Å²) in [6.45, 7) is 7.37. The maximum absolute atomic E-state index is 12.9. The van der Waals surface area contributed by atoms with E-state index in [0.717, 1.165) is 25.0 Å². The molecule has 0 saturated carbocycles. The molecule has 0 spiro atoms. The first-order valence-corrected chi connectivity index (χ1v) is 7.19. The molecule has 0 radical (unpaired) electrons. The van der Waals surface area contributed by atoms with E-state index >= 15 is 0 Å². The number of hydrogen-bond acceptors (Lipinski definition) is 2. The van der Waals surface area contributed by atoms with Crippen LogP contribution >= 0.6 is 0 Å². The summed E-state index contributed by atoms with van der Waals surface area (Å²) < 4.78 is 18.7. The topological polar surface area (TPSA) is 21.3 Å². The number of hydrogen-bond donors (Lipinski definition) is 1. The minimum absolute atomic E-state index is 0.179. The zero-order valence-electron chi connectivity index (χ0n) is 12.0. The third-order valence-corrected chi connectivity index (χ3v) is 3.91. The molecule has 106 valence electrons. The Labute approximate surface area is 115 Å². The number of benzene rings is 1. The van der Waals surface area contributed by atoms with Gasteiger partial charge >= 0.3 is 0 Å². The number of nitrogens with one attached hydrogen (secondary N) is 1. The van der Waals surface area contributed by atoms with Crippen molar-refractivity contribution < 1.29 is 9.13 Å². The molecular weight excluding hydrogens is 241 g/mol. The van der Waals surface area contributed by atoms with Crippen molar-refractivity contribution in [2.45, 2.75) is 51.8 Å². The standard InChI is InChI=1S/C16H24FNO/c1-11(2)16-10-15(8-9-19-16)18-12(3)13-4-6-14(17)7-5-13/h4-7,11-12,15-16,18H,8-10H2,1-3H3/t12-,15?,16?/m1/s1. The first-order chi connectivity index (χ1) is 9.06. The second-order valence-corrected chi connectivity index (χ2v) is 5.81. The largest absolute Gasteiger partial charge is 0.378 e. The van der Waals surface area contributed by atoms with Crippen molar-refractivity contribution in [1.82, 2.24) is 5.32 Å². The summed E-state index contributed by atoms with van der Waals surface area (Å²) in [6, 6.07) is 7.49. The van der Waals surface area contributed by atoms with Gasteiger partial charge in [0.25, 0.3) is 0 Å². The number of ether oxygens (including phenoxy) is 1. The van der Waals surface area contributed by atoms with Gasteiger partial charge in [0.05, 0.1) is 6.10 Å². The molecule has 2 nitrogen and oxygen atoms in total. The van der Waals surface area contributed by atoms with Crippen molar-refractivity contribution in [3.8, 4) is 0 Å². The van der Waals surface area contributed by atoms with Crippen molar-refractivity contribution in [2.75, 3.05) is 6.61 Å². The second-order valence-electron chi connectivity index (χ2n) is 5.81. The van der Waals surface area contributed by atoms with Crippen LogP contribution < -0.4 is 5.32 Å². The second kappa shape index (κ2) is 6.49. The van der Waals surface area contributed by atoms with E-state index in [-0.39, 0.29) is 11.9 Å². The van der Waals surface area contributed by atoms with Crippen LogP contribution in [0, 0.1) is 11.7 Å². The zero-order valence-corrected chi connectivity index (χ0v) is 12.0. The molecule has 0 amide bonds. The highest BCUT2D eigenvalue weighted by atomic mass is 19.1. The first-order valence-electron chi connectivity index (χ1n) is 7.19. The Morgan fingerprint density at radius 3 is 2.53 bits per heavy atom. The Kier molecular flexibility index (Phi) is 4.94. The molecule has 1 aromatic rings. The predicted molar refractivity (Wildman–Crippen MR) is 75.6 cm³/mol. The highest BCUT2D eigenvalue weighted by Gasteiger charge is 2.25. The molecule has 1 N–H and O–H groups in total. The van der Waals surface area contributed by atoms with E-state index < -0.39 is 0 Å². The van der Waals surface area contributed by atoms with Crippen molar-refractivity contribution in [3.63, 3.8) is 0 Å². The van der Waals surface area contributed by atoms with Gasteiger partial charge in [-0.25, -0.2) is 4.39 Å². The van der Waals surface area contributed by atoms with Gasteiger partial charge in [0.15, 0.2) is 0 Å². The highest BCUT2D eigenvalue weighted by Crippen LogP contribution is 2.23. The fraction of sp³-hybridized carbons (Fsp3) is 0.625. The number of rotatable bonds is 4. The van der Waals surface area contributed by atoms with E-state index in [1.807, 2.05) is 12.1 Å². The molecule has 1 aliphatic rings. The molecule has 0 aliphatic carbocycles. The fourth-order valence-corrected chi connectivity index (χ4v) is 2.65. The van der Waals surface area contributed by atoms with Crippen LogP contribution in [0.2, 0.25) is 0 Å². The van der Waals surface area contributed by atoms with Crippen LogP contribution in [0.3, 0.4) is 0 Å². The Morgan fingerprint density at radius 1 is 1.21 bits per heavy atom. The van der Waals surface area contributed by atoms with Gasteiger partial charge in [-0.15, -0.1) is 0 Å². The summed E-state index contributed by atoms with van der Waals surface area (Å²) in [5.74, 6) is 0.382. The summed E-state index contributed by atoms with van der Waals surface area (Å²) in [6.07, 6.45) is 2.46. The van der Waals surface area contributed by atoms with E-state index in [0.29, 0.717) is 18.1 Å². The van der Waals surface area contributed by atoms with Gasteiger partial charge in [-0.3, -0.25) is 0 Å². The van der Waals surface area contributed by atoms with Crippen LogP contribution in [0.25, 0.3) is 0 Å². The van der Waals surface area contributed by atoms with Gasteiger partial charge in [-0.05, 0) is 43.4 Å². The van der Waals surface area contributed by atoms with Gasteiger partial charge in [-0.1, -0.05) is 26.0 Å².